The highest BCUT2D eigenvalue weighted by Gasteiger charge is 2.45. The molecular formula is C25H31N3O2. The number of piperidine rings is 1. The molecule has 2 aromatic carbocycles. The van der Waals surface area contributed by atoms with E-state index in [-0.39, 0.29) is 0 Å². The second-order valence-electron chi connectivity index (χ2n) is 7.78. The molecule has 1 fully saturated rings. The highest BCUT2D eigenvalue weighted by atomic mass is 16.6. The van der Waals surface area contributed by atoms with Crippen molar-refractivity contribution in [2.45, 2.75) is 51.5 Å². The zero-order valence-corrected chi connectivity index (χ0v) is 17.9. The largest absolute Gasteiger partial charge is 0.368 e. The smallest absolute Gasteiger partial charge is 0.161 e. The Kier molecular flexibility index (Phi) is 6.32. The molecule has 5 heteroatoms. The molecule has 158 valence electrons. The van der Waals surface area contributed by atoms with Crippen LogP contribution in [-0.2, 0) is 23.3 Å². The fourth-order valence-electron chi connectivity index (χ4n) is 4.57. The molecule has 1 unspecified atom stereocenters. The van der Waals surface area contributed by atoms with Crippen LogP contribution in [0.3, 0.4) is 0 Å². The topological polar surface area (TPSA) is 50.5 Å². The molecule has 3 aromatic rings. The van der Waals surface area contributed by atoms with Crippen molar-refractivity contribution < 1.29 is 9.84 Å². The Morgan fingerprint density at radius 3 is 2.30 bits per heavy atom. The number of hydrogen-bond acceptors (Lipinski definition) is 4. The highest BCUT2D eigenvalue weighted by Crippen LogP contribution is 2.43. The predicted octanol–water partition coefficient (Wildman–Crippen LogP) is 4.28. The van der Waals surface area contributed by atoms with Crippen molar-refractivity contribution in [1.29, 1.82) is 0 Å². The summed E-state index contributed by atoms with van der Waals surface area (Å²) in [6.07, 6.45) is 3.36. The van der Waals surface area contributed by atoms with Gasteiger partial charge in [0.1, 0.15) is 5.60 Å². The van der Waals surface area contributed by atoms with Gasteiger partial charge in [-0.15, -0.1) is 0 Å². The Balaban J connectivity index is 0.00000106. The monoisotopic (exact) mass is 405 g/mol. The summed E-state index contributed by atoms with van der Waals surface area (Å²) in [7, 11) is 0. The van der Waals surface area contributed by atoms with Gasteiger partial charge in [0.15, 0.2) is 6.29 Å². The number of aliphatic hydroxyl groups is 1. The molecule has 0 saturated carbocycles. The van der Waals surface area contributed by atoms with Crippen molar-refractivity contribution in [3.05, 3.63) is 83.7 Å². The van der Waals surface area contributed by atoms with Gasteiger partial charge in [-0.3, -0.25) is 4.90 Å². The molecule has 1 atom stereocenters. The molecule has 0 amide bonds. The van der Waals surface area contributed by atoms with Crippen molar-refractivity contribution in [3.8, 4) is 5.69 Å². The first kappa shape index (κ1) is 20.8. The quantitative estimate of drug-likeness (QED) is 0.707. The van der Waals surface area contributed by atoms with Gasteiger partial charge in [-0.05, 0) is 30.5 Å². The van der Waals surface area contributed by atoms with Crippen molar-refractivity contribution in [1.82, 2.24) is 14.7 Å². The second kappa shape index (κ2) is 9.13. The molecule has 0 aliphatic carbocycles. The molecule has 1 spiro atoms. The van der Waals surface area contributed by atoms with Crippen molar-refractivity contribution >= 4 is 0 Å². The molecule has 1 aromatic heterocycles. The van der Waals surface area contributed by atoms with Gasteiger partial charge in [-0.25, -0.2) is 4.68 Å². The molecular weight excluding hydrogens is 374 g/mol. The maximum Gasteiger partial charge on any atom is 0.161 e. The Morgan fingerprint density at radius 1 is 1.00 bits per heavy atom. The van der Waals surface area contributed by atoms with E-state index in [9.17, 15) is 5.11 Å². The number of benzene rings is 2. The van der Waals surface area contributed by atoms with E-state index in [2.05, 4.69) is 40.3 Å². The first-order valence-corrected chi connectivity index (χ1v) is 11.0. The number of ether oxygens (including phenoxy) is 1. The lowest BCUT2D eigenvalue weighted by molar-refractivity contribution is -0.216. The molecule has 1 saturated heterocycles. The number of nitrogens with zero attached hydrogens (tertiary/aromatic N) is 3. The number of aromatic nitrogens is 2. The zero-order chi connectivity index (χ0) is 21.0. The number of rotatable bonds is 3. The lowest BCUT2D eigenvalue weighted by atomic mass is 9.82. The summed E-state index contributed by atoms with van der Waals surface area (Å²) in [5.41, 5.74) is 4.13. The Labute approximate surface area is 178 Å². The van der Waals surface area contributed by atoms with Crippen LogP contribution in [0.25, 0.3) is 5.69 Å². The summed E-state index contributed by atoms with van der Waals surface area (Å²) >= 11 is 0. The lowest BCUT2D eigenvalue weighted by Gasteiger charge is -2.45. The van der Waals surface area contributed by atoms with Gasteiger partial charge in [-0.2, -0.15) is 5.10 Å². The third-order valence-electron chi connectivity index (χ3n) is 6.00. The SMILES string of the molecule is CC.OC1Cc2c(cnn2-c2ccccc2)C2(CCN(Cc3ccccc3)CC2)O1. The lowest BCUT2D eigenvalue weighted by Crippen LogP contribution is -2.48. The van der Waals surface area contributed by atoms with E-state index in [4.69, 9.17) is 4.74 Å². The minimum atomic E-state index is -0.785. The summed E-state index contributed by atoms with van der Waals surface area (Å²) in [4.78, 5) is 2.46. The summed E-state index contributed by atoms with van der Waals surface area (Å²) in [5.74, 6) is 0. The van der Waals surface area contributed by atoms with E-state index >= 15 is 0 Å². The molecule has 1 N–H and O–H groups in total. The average Bonchev–Trinajstić information content (AvgIpc) is 3.23. The van der Waals surface area contributed by atoms with Gasteiger partial charge >= 0.3 is 0 Å². The molecule has 5 nitrogen and oxygen atoms in total. The number of para-hydroxylation sites is 1. The number of fused-ring (bicyclic) bond motifs is 2. The van der Waals surface area contributed by atoms with Crippen LogP contribution in [0, 0.1) is 0 Å². The van der Waals surface area contributed by atoms with Crippen LogP contribution >= 0.6 is 0 Å². The third kappa shape index (κ3) is 4.06. The summed E-state index contributed by atoms with van der Waals surface area (Å²) in [6, 6.07) is 20.7. The van der Waals surface area contributed by atoms with Crippen LogP contribution in [0.15, 0.2) is 66.9 Å². The third-order valence-corrected chi connectivity index (χ3v) is 6.00. The summed E-state index contributed by atoms with van der Waals surface area (Å²) < 4.78 is 8.12. The Morgan fingerprint density at radius 2 is 1.63 bits per heavy atom. The van der Waals surface area contributed by atoms with Gasteiger partial charge in [0, 0.05) is 31.6 Å². The van der Waals surface area contributed by atoms with E-state index in [1.165, 1.54) is 5.56 Å². The standard InChI is InChI=1S/C23H25N3O2.C2H6/c27-22-15-21-20(16-24-26(21)19-9-5-2-6-10-19)23(28-22)11-13-25(14-12-23)17-18-7-3-1-4-8-18;1-2/h1-10,16,22,27H,11-15,17H2;1-2H3. The second-order valence-corrected chi connectivity index (χ2v) is 7.78. The van der Waals surface area contributed by atoms with E-state index < -0.39 is 11.9 Å². The minimum Gasteiger partial charge on any atom is -0.368 e. The van der Waals surface area contributed by atoms with Crippen LogP contribution in [0.4, 0.5) is 0 Å². The maximum atomic E-state index is 10.5. The first-order chi connectivity index (χ1) is 14.7. The minimum absolute atomic E-state index is 0.437. The molecule has 3 heterocycles. The van der Waals surface area contributed by atoms with Gasteiger partial charge in [0.2, 0.25) is 0 Å². The van der Waals surface area contributed by atoms with Crippen LogP contribution in [0.2, 0.25) is 0 Å². The van der Waals surface area contributed by atoms with Crippen LogP contribution in [0.5, 0.6) is 0 Å². The fraction of sp³-hybridized carbons (Fsp3) is 0.400. The predicted molar refractivity (Wildman–Crippen MR) is 118 cm³/mol. The number of aliphatic hydroxyl groups excluding tert-OH is 1. The number of hydrogen-bond donors (Lipinski definition) is 1. The van der Waals surface area contributed by atoms with E-state index in [0.29, 0.717) is 6.42 Å². The van der Waals surface area contributed by atoms with Gasteiger partial charge in [0.25, 0.3) is 0 Å². The Bertz CT molecular complexity index is 932. The van der Waals surface area contributed by atoms with E-state index in [0.717, 1.165) is 49.4 Å². The highest BCUT2D eigenvalue weighted by molar-refractivity contribution is 5.38. The molecule has 5 rings (SSSR count). The molecule has 30 heavy (non-hydrogen) atoms. The van der Waals surface area contributed by atoms with Crippen molar-refractivity contribution in [3.63, 3.8) is 0 Å². The van der Waals surface area contributed by atoms with Crippen molar-refractivity contribution in [2.75, 3.05) is 13.1 Å². The van der Waals surface area contributed by atoms with Gasteiger partial charge < -0.3 is 9.84 Å². The summed E-state index contributed by atoms with van der Waals surface area (Å²) in [6.45, 7) is 6.84. The summed E-state index contributed by atoms with van der Waals surface area (Å²) in [5, 5.41) is 15.1. The Hall–Kier alpha value is -2.47. The molecule has 0 radical (unpaired) electrons. The van der Waals surface area contributed by atoms with Gasteiger partial charge in [0.05, 0.1) is 17.6 Å². The van der Waals surface area contributed by atoms with Crippen molar-refractivity contribution in [2.24, 2.45) is 0 Å². The van der Waals surface area contributed by atoms with E-state index in [1.807, 2.05) is 55.1 Å². The fourth-order valence-corrected chi connectivity index (χ4v) is 4.57. The molecule has 2 aliphatic rings. The number of likely N-dealkylation sites (tertiary alicyclic amines) is 1. The van der Waals surface area contributed by atoms with E-state index in [1.54, 1.807) is 0 Å². The van der Waals surface area contributed by atoms with Crippen LogP contribution in [0.1, 0.15) is 43.5 Å². The molecule has 2 aliphatic heterocycles. The first-order valence-electron chi connectivity index (χ1n) is 11.0. The normalized spacial score (nSPS) is 20.3. The zero-order valence-electron chi connectivity index (χ0n) is 17.9. The average molecular weight is 406 g/mol. The van der Waals surface area contributed by atoms with Crippen LogP contribution in [-0.4, -0.2) is 39.2 Å². The molecule has 0 bridgehead atoms. The maximum absolute atomic E-state index is 10.5. The van der Waals surface area contributed by atoms with Crippen LogP contribution < -0.4 is 0 Å². The van der Waals surface area contributed by atoms with Gasteiger partial charge in [-0.1, -0.05) is 62.4 Å².